The monoisotopic (exact) mass is 485 g/mol. The lowest BCUT2D eigenvalue weighted by Gasteiger charge is -2.38. The van der Waals surface area contributed by atoms with E-state index in [1.165, 1.54) is 16.5 Å². The highest BCUT2D eigenvalue weighted by Crippen LogP contribution is 2.40. The molecule has 1 saturated heterocycles. The van der Waals surface area contributed by atoms with Gasteiger partial charge in [0.15, 0.2) is 8.24 Å². The molecule has 188 valence electrons. The van der Waals surface area contributed by atoms with E-state index in [1.54, 1.807) is 0 Å². The van der Waals surface area contributed by atoms with Crippen molar-refractivity contribution in [1.82, 2.24) is 4.23 Å². The molecule has 3 nitrogen and oxygen atoms in total. The van der Waals surface area contributed by atoms with Crippen molar-refractivity contribution >= 4 is 19.1 Å². The van der Waals surface area contributed by atoms with E-state index in [1.807, 2.05) is 13.8 Å². The van der Waals surface area contributed by atoms with Gasteiger partial charge in [-0.1, -0.05) is 63.7 Å². The maximum absolute atomic E-state index is 15.3. The van der Waals surface area contributed by atoms with Crippen LogP contribution >= 0.6 is 0 Å². The van der Waals surface area contributed by atoms with E-state index in [0.29, 0.717) is 6.42 Å². The maximum atomic E-state index is 15.3. The Morgan fingerprint density at radius 3 is 2.50 bits per heavy atom. The molecule has 0 bridgehead atoms. The predicted octanol–water partition coefficient (Wildman–Crippen LogP) is 7.94. The van der Waals surface area contributed by atoms with E-state index in [-0.39, 0.29) is 29.2 Å². The van der Waals surface area contributed by atoms with Crippen molar-refractivity contribution in [3.05, 3.63) is 59.1 Å². The van der Waals surface area contributed by atoms with Crippen LogP contribution in [0.5, 0.6) is 0 Å². The van der Waals surface area contributed by atoms with Crippen LogP contribution in [0.2, 0.25) is 18.1 Å². The minimum atomic E-state index is -1.81. The van der Waals surface area contributed by atoms with Crippen LogP contribution in [0.15, 0.2) is 53.5 Å². The molecule has 0 aliphatic carbocycles. The van der Waals surface area contributed by atoms with Gasteiger partial charge in [-0.25, -0.2) is 4.39 Å². The van der Waals surface area contributed by atoms with E-state index in [9.17, 15) is 5.11 Å². The molecule has 1 aliphatic heterocycles. The van der Waals surface area contributed by atoms with Crippen molar-refractivity contribution < 1.29 is 14.2 Å². The van der Waals surface area contributed by atoms with Gasteiger partial charge in [-0.2, -0.15) is 0 Å². The Labute approximate surface area is 206 Å². The number of hydrogen-bond donors (Lipinski definition) is 1. The summed E-state index contributed by atoms with van der Waals surface area (Å²) in [5.41, 5.74) is 4.12. The molecule has 0 spiro atoms. The molecule has 0 unspecified atom stereocenters. The first-order valence-corrected chi connectivity index (χ1v) is 15.6. The van der Waals surface area contributed by atoms with Crippen LogP contribution in [0.1, 0.15) is 72.8 Å². The van der Waals surface area contributed by atoms with Crippen molar-refractivity contribution in [2.24, 2.45) is 0 Å². The zero-order valence-corrected chi connectivity index (χ0v) is 23.5. The van der Waals surface area contributed by atoms with Crippen molar-refractivity contribution in [2.45, 2.75) is 103 Å². The number of hydrogen-bond acceptors (Lipinski definition) is 2. The summed E-state index contributed by atoms with van der Waals surface area (Å²) >= 11 is 0. The third kappa shape index (κ3) is 5.75. The van der Waals surface area contributed by atoms with Gasteiger partial charge in [0.25, 0.3) is 0 Å². The Balaban J connectivity index is 1.67. The number of allylic oxidation sites excluding steroid dienone is 4. The second kappa shape index (κ2) is 10.1. The topological polar surface area (TPSA) is 37.7 Å². The summed E-state index contributed by atoms with van der Waals surface area (Å²) in [7, 11) is -1.81. The molecular weight excluding hydrogens is 441 g/mol. The number of ether oxygens (including phenoxy) is 1. The molecule has 3 rings (SSSR count). The standard InChI is InChI=1S/C29H44FNO2Si/c1-21(16-17-27-29(6,20-32)33-27)12-11-13-22(2)25(30)18-23-19-31(34(7,8)28(3,4)5)26-15-10-9-14-24(23)26/h9-10,12,14-15,19,27,32H,11,13,16-18,20H2,1-8H3/b21-12+,25-22-/t27-,29-/m0/s1. The molecule has 2 heterocycles. The van der Waals surface area contributed by atoms with Gasteiger partial charge >= 0.3 is 0 Å². The Bertz CT molecular complexity index is 1080. The van der Waals surface area contributed by atoms with Crippen LogP contribution in [0, 0.1) is 0 Å². The van der Waals surface area contributed by atoms with Crippen LogP contribution in [-0.2, 0) is 11.2 Å². The maximum Gasteiger partial charge on any atom is 0.161 e. The Hall–Kier alpha value is -1.69. The summed E-state index contributed by atoms with van der Waals surface area (Å²) in [6.45, 7) is 17.8. The van der Waals surface area contributed by atoms with E-state index in [4.69, 9.17) is 4.74 Å². The molecule has 1 fully saturated rings. The summed E-state index contributed by atoms with van der Waals surface area (Å²) < 4.78 is 23.3. The lowest BCUT2D eigenvalue weighted by molar-refractivity contribution is 0.184. The third-order valence-electron chi connectivity index (χ3n) is 8.20. The molecule has 5 heteroatoms. The molecule has 2 atom stereocenters. The SMILES string of the molecule is C/C(CC/C=C(\C)CC[C@@H]1O[C@@]1(C)CO)=C(/F)Cc1cn([Si](C)(C)C(C)(C)C)c2ccccc12. The zero-order chi connectivity index (χ0) is 25.3. The first kappa shape index (κ1) is 26.9. The van der Waals surface area contributed by atoms with Gasteiger partial charge < -0.3 is 14.1 Å². The molecule has 2 aromatic rings. The summed E-state index contributed by atoms with van der Waals surface area (Å²) in [5.74, 6) is -0.00530. The highest BCUT2D eigenvalue weighted by Gasteiger charge is 2.50. The zero-order valence-electron chi connectivity index (χ0n) is 22.5. The average Bonchev–Trinajstić information content (AvgIpc) is 3.29. The fraction of sp³-hybridized carbons (Fsp3) is 0.586. The number of benzene rings is 1. The lowest BCUT2D eigenvalue weighted by atomic mass is 10.0. The second-order valence-electron chi connectivity index (χ2n) is 11.9. The van der Waals surface area contributed by atoms with E-state index >= 15 is 4.39 Å². The Kier molecular flexibility index (Phi) is 8.01. The second-order valence-corrected chi connectivity index (χ2v) is 17.0. The molecule has 0 radical (unpaired) electrons. The first-order chi connectivity index (χ1) is 15.8. The Morgan fingerprint density at radius 1 is 1.21 bits per heavy atom. The largest absolute Gasteiger partial charge is 0.393 e. The smallest absolute Gasteiger partial charge is 0.161 e. The summed E-state index contributed by atoms with van der Waals surface area (Å²) in [4.78, 5) is 0. The van der Waals surface area contributed by atoms with Gasteiger partial charge in [-0.3, -0.25) is 0 Å². The first-order valence-electron chi connectivity index (χ1n) is 12.7. The minimum absolute atomic E-state index is 0.00530. The number of rotatable bonds is 10. The van der Waals surface area contributed by atoms with Crippen LogP contribution in [0.3, 0.4) is 0 Å². The minimum Gasteiger partial charge on any atom is -0.393 e. The number of halogens is 1. The van der Waals surface area contributed by atoms with E-state index in [2.05, 4.69) is 81.6 Å². The molecule has 1 aromatic heterocycles. The average molecular weight is 486 g/mol. The van der Waals surface area contributed by atoms with Crippen molar-refractivity contribution in [2.75, 3.05) is 6.61 Å². The molecule has 0 saturated carbocycles. The van der Waals surface area contributed by atoms with Gasteiger partial charge in [0.1, 0.15) is 11.4 Å². The van der Waals surface area contributed by atoms with Crippen LogP contribution in [0.25, 0.3) is 10.9 Å². The van der Waals surface area contributed by atoms with Crippen molar-refractivity contribution in [3.8, 4) is 0 Å². The normalized spacial score (nSPS) is 22.3. The van der Waals surface area contributed by atoms with Crippen LogP contribution in [0.4, 0.5) is 4.39 Å². The number of para-hydroxylation sites is 1. The molecule has 0 amide bonds. The Morgan fingerprint density at radius 2 is 1.88 bits per heavy atom. The van der Waals surface area contributed by atoms with Crippen molar-refractivity contribution in [3.63, 3.8) is 0 Å². The molecular formula is C29H44FNO2Si. The molecule has 1 aliphatic rings. The number of aliphatic hydroxyl groups is 1. The fourth-order valence-electron chi connectivity index (χ4n) is 4.46. The van der Waals surface area contributed by atoms with Gasteiger partial charge in [-0.05, 0) is 74.9 Å². The highest BCUT2D eigenvalue weighted by molar-refractivity contribution is 6.79. The highest BCUT2D eigenvalue weighted by atomic mass is 28.3. The summed E-state index contributed by atoms with van der Waals surface area (Å²) in [6, 6.07) is 8.45. The van der Waals surface area contributed by atoms with Gasteiger partial charge in [0, 0.05) is 17.3 Å². The van der Waals surface area contributed by atoms with Gasteiger partial charge in [0.2, 0.25) is 0 Å². The van der Waals surface area contributed by atoms with E-state index < -0.39 is 8.24 Å². The molecule has 1 aromatic carbocycles. The number of nitrogens with zero attached hydrogens (tertiary/aromatic N) is 1. The van der Waals surface area contributed by atoms with E-state index in [0.717, 1.165) is 36.8 Å². The predicted molar refractivity (Wildman–Crippen MR) is 145 cm³/mol. The van der Waals surface area contributed by atoms with Gasteiger partial charge in [0.05, 0.1) is 12.7 Å². The number of aliphatic hydroxyl groups excluding tert-OH is 1. The number of fused-ring (bicyclic) bond motifs is 1. The molecule has 34 heavy (non-hydrogen) atoms. The quantitative estimate of drug-likeness (QED) is 0.211. The van der Waals surface area contributed by atoms with Crippen LogP contribution < -0.4 is 0 Å². The summed E-state index contributed by atoms with van der Waals surface area (Å²) in [6.07, 6.45) is 8.43. The van der Waals surface area contributed by atoms with Gasteiger partial charge in [-0.15, -0.1) is 0 Å². The number of aromatic nitrogens is 1. The summed E-state index contributed by atoms with van der Waals surface area (Å²) in [5, 5.41) is 10.7. The van der Waals surface area contributed by atoms with Crippen LogP contribution in [-0.4, -0.2) is 35.9 Å². The fourth-order valence-corrected chi connectivity index (χ4v) is 6.46. The number of epoxide rings is 1. The third-order valence-corrected chi connectivity index (χ3v) is 13.4. The van der Waals surface area contributed by atoms with Crippen molar-refractivity contribution in [1.29, 1.82) is 0 Å². The lowest BCUT2D eigenvalue weighted by Crippen LogP contribution is -2.44. The molecule has 1 N–H and O–H groups in total.